The van der Waals surface area contributed by atoms with E-state index in [2.05, 4.69) is 5.32 Å². The van der Waals surface area contributed by atoms with Crippen LogP contribution in [-0.4, -0.2) is 41.5 Å². The maximum Gasteiger partial charge on any atom is 0.417 e. The first kappa shape index (κ1) is 19.2. The largest absolute Gasteiger partial charge is 0.480 e. The van der Waals surface area contributed by atoms with Gasteiger partial charge in [0.25, 0.3) is 0 Å². The first-order valence-electron chi connectivity index (χ1n) is 6.74. The second-order valence-corrected chi connectivity index (χ2v) is 5.25. The summed E-state index contributed by atoms with van der Waals surface area (Å²) in [5.74, 6) is -1.69. The van der Waals surface area contributed by atoms with Gasteiger partial charge in [-0.15, -0.1) is 0 Å². The molecule has 0 radical (unpaired) electrons. The summed E-state index contributed by atoms with van der Waals surface area (Å²) in [4.78, 5) is 24.0. The van der Waals surface area contributed by atoms with Gasteiger partial charge in [0.05, 0.1) is 23.7 Å². The third kappa shape index (κ3) is 6.45. The molecule has 0 aliphatic carbocycles. The Labute approximate surface area is 136 Å². The van der Waals surface area contributed by atoms with Crippen LogP contribution in [0, 0.1) is 0 Å². The van der Waals surface area contributed by atoms with Gasteiger partial charge < -0.3 is 10.4 Å². The third-order valence-corrected chi connectivity index (χ3v) is 3.15. The van der Waals surface area contributed by atoms with E-state index in [0.29, 0.717) is 13.0 Å². The van der Waals surface area contributed by atoms with Gasteiger partial charge in [-0.3, -0.25) is 14.5 Å². The number of aliphatic carboxylic acids is 1. The van der Waals surface area contributed by atoms with Crippen molar-refractivity contribution in [3.8, 4) is 0 Å². The minimum Gasteiger partial charge on any atom is -0.480 e. The molecule has 1 aromatic carbocycles. The van der Waals surface area contributed by atoms with Gasteiger partial charge in [-0.2, -0.15) is 13.2 Å². The molecule has 0 fully saturated rings. The molecule has 0 aliphatic heterocycles. The number of hydrogen-bond acceptors (Lipinski definition) is 3. The topological polar surface area (TPSA) is 69.6 Å². The summed E-state index contributed by atoms with van der Waals surface area (Å²) < 4.78 is 38.2. The van der Waals surface area contributed by atoms with Gasteiger partial charge in [0, 0.05) is 5.69 Å². The Morgan fingerprint density at radius 2 is 1.96 bits per heavy atom. The lowest BCUT2D eigenvalue weighted by Crippen LogP contribution is -2.37. The second-order valence-electron chi connectivity index (χ2n) is 4.84. The number of nitrogens with zero attached hydrogens (tertiary/aromatic N) is 1. The van der Waals surface area contributed by atoms with E-state index in [1.807, 2.05) is 6.92 Å². The predicted molar refractivity (Wildman–Crippen MR) is 79.5 cm³/mol. The number of hydrogen-bond donors (Lipinski definition) is 2. The van der Waals surface area contributed by atoms with Gasteiger partial charge in [0.15, 0.2) is 0 Å². The Morgan fingerprint density at radius 1 is 1.30 bits per heavy atom. The minimum absolute atomic E-state index is 0.0569. The molecule has 0 saturated carbocycles. The van der Waals surface area contributed by atoms with Crippen molar-refractivity contribution in [3.63, 3.8) is 0 Å². The maximum atomic E-state index is 12.7. The average Bonchev–Trinajstić information content (AvgIpc) is 2.39. The zero-order valence-electron chi connectivity index (χ0n) is 12.3. The highest BCUT2D eigenvalue weighted by Crippen LogP contribution is 2.36. The molecule has 1 aromatic rings. The molecule has 0 aromatic heterocycles. The molecule has 0 heterocycles. The Balaban J connectivity index is 2.79. The van der Waals surface area contributed by atoms with Gasteiger partial charge in [0.2, 0.25) is 5.91 Å². The molecule has 0 saturated heterocycles. The molecule has 0 spiro atoms. The first-order chi connectivity index (χ1) is 10.6. The average molecular weight is 353 g/mol. The molecule has 0 aliphatic rings. The first-order valence-corrected chi connectivity index (χ1v) is 7.12. The lowest BCUT2D eigenvalue weighted by atomic mass is 10.2. The molecule has 23 heavy (non-hydrogen) atoms. The van der Waals surface area contributed by atoms with Crippen molar-refractivity contribution in [2.75, 3.05) is 25.0 Å². The third-order valence-electron chi connectivity index (χ3n) is 2.82. The lowest BCUT2D eigenvalue weighted by Gasteiger charge is -2.19. The van der Waals surface area contributed by atoms with Crippen LogP contribution >= 0.6 is 11.6 Å². The van der Waals surface area contributed by atoms with Crippen molar-refractivity contribution < 1.29 is 27.9 Å². The van der Waals surface area contributed by atoms with E-state index >= 15 is 0 Å². The normalized spacial score (nSPS) is 11.6. The Kier molecular flexibility index (Phi) is 6.83. The SMILES string of the molecule is CCCN(CC(=O)O)CC(=O)Nc1ccc(Cl)c(C(F)(F)F)c1. The summed E-state index contributed by atoms with van der Waals surface area (Å²) >= 11 is 5.49. The number of nitrogens with one attached hydrogen (secondary N) is 1. The van der Waals surface area contributed by atoms with Crippen LogP contribution in [0.3, 0.4) is 0 Å². The van der Waals surface area contributed by atoms with E-state index in [-0.39, 0.29) is 18.8 Å². The fourth-order valence-electron chi connectivity index (χ4n) is 1.95. The van der Waals surface area contributed by atoms with Crippen LogP contribution in [0.25, 0.3) is 0 Å². The number of carbonyl (C=O) groups is 2. The number of halogens is 4. The van der Waals surface area contributed by atoms with Crippen LogP contribution in [0.15, 0.2) is 18.2 Å². The zero-order valence-corrected chi connectivity index (χ0v) is 13.0. The number of amides is 1. The molecular formula is C14H16ClF3N2O3. The van der Waals surface area contributed by atoms with Gasteiger partial charge in [-0.05, 0) is 31.2 Å². The Hall–Kier alpha value is -1.80. The highest BCUT2D eigenvalue weighted by Gasteiger charge is 2.33. The fraction of sp³-hybridized carbons (Fsp3) is 0.429. The standard InChI is InChI=1S/C14H16ClF3N2O3/c1-2-5-20(8-13(22)23)7-12(21)19-9-3-4-11(15)10(6-9)14(16,17)18/h3-4,6H,2,5,7-8H2,1H3,(H,19,21)(H,22,23). The summed E-state index contributed by atoms with van der Waals surface area (Å²) in [6.07, 6.45) is -3.99. The number of anilines is 1. The Bertz CT molecular complexity index is 579. The molecule has 128 valence electrons. The van der Waals surface area contributed by atoms with Crippen molar-refractivity contribution in [2.45, 2.75) is 19.5 Å². The molecule has 0 bridgehead atoms. The molecule has 0 unspecified atom stereocenters. The number of carbonyl (C=O) groups excluding carboxylic acids is 1. The van der Waals surface area contributed by atoms with E-state index in [4.69, 9.17) is 16.7 Å². The van der Waals surface area contributed by atoms with E-state index in [1.54, 1.807) is 0 Å². The molecule has 0 atom stereocenters. The summed E-state index contributed by atoms with van der Waals surface area (Å²) in [7, 11) is 0. The van der Waals surface area contributed by atoms with Gasteiger partial charge in [-0.1, -0.05) is 18.5 Å². The summed E-state index contributed by atoms with van der Waals surface area (Å²) in [5, 5.41) is 10.6. The predicted octanol–water partition coefficient (Wildman–Crippen LogP) is 3.09. The zero-order chi connectivity index (χ0) is 17.6. The van der Waals surface area contributed by atoms with Crippen LogP contribution < -0.4 is 5.32 Å². The Morgan fingerprint density at radius 3 is 2.48 bits per heavy atom. The van der Waals surface area contributed by atoms with E-state index in [0.717, 1.165) is 12.1 Å². The van der Waals surface area contributed by atoms with Crippen molar-refractivity contribution in [2.24, 2.45) is 0 Å². The second kappa shape index (κ2) is 8.16. The van der Waals surface area contributed by atoms with E-state index in [9.17, 15) is 22.8 Å². The van der Waals surface area contributed by atoms with Crippen molar-refractivity contribution in [1.82, 2.24) is 4.90 Å². The van der Waals surface area contributed by atoms with Gasteiger partial charge in [-0.25, -0.2) is 0 Å². The lowest BCUT2D eigenvalue weighted by molar-refractivity contribution is -0.139. The molecule has 1 amide bonds. The highest BCUT2D eigenvalue weighted by molar-refractivity contribution is 6.31. The maximum absolute atomic E-state index is 12.7. The van der Waals surface area contributed by atoms with Gasteiger partial charge in [0.1, 0.15) is 0 Å². The number of alkyl halides is 3. The van der Waals surface area contributed by atoms with Crippen molar-refractivity contribution >= 4 is 29.2 Å². The van der Waals surface area contributed by atoms with Crippen molar-refractivity contribution in [1.29, 1.82) is 0 Å². The molecular weight excluding hydrogens is 337 g/mol. The monoisotopic (exact) mass is 352 g/mol. The number of carboxylic acids is 1. The van der Waals surface area contributed by atoms with Gasteiger partial charge >= 0.3 is 12.1 Å². The number of carboxylic acid groups (broad SMARTS) is 1. The van der Waals surface area contributed by atoms with E-state index < -0.39 is 28.6 Å². The van der Waals surface area contributed by atoms with Crippen LogP contribution in [0.4, 0.5) is 18.9 Å². The quantitative estimate of drug-likeness (QED) is 0.791. The van der Waals surface area contributed by atoms with Crippen LogP contribution in [0.1, 0.15) is 18.9 Å². The van der Waals surface area contributed by atoms with Crippen LogP contribution in [-0.2, 0) is 15.8 Å². The number of rotatable bonds is 7. The summed E-state index contributed by atoms with van der Waals surface area (Å²) in [5.41, 5.74) is -1.11. The molecule has 2 N–H and O–H groups in total. The van der Waals surface area contributed by atoms with Crippen molar-refractivity contribution in [3.05, 3.63) is 28.8 Å². The molecule has 1 rings (SSSR count). The van der Waals surface area contributed by atoms with Crippen LogP contribution in [0.5, 0.6) is 0 Å². The molecule has 5 nitrogen and oxygen atoms in total. The number of benzene rings is 1. The summed E-state index contributed by atoms with van der Waals surface area (Å²) in [6.45, 7) is 1.65. The highest BCUT2D eigenvalue weighted by atomic mass is 35.5. The smallest absolute Gasteiger partial charge is 0.417 e. The summed E-state index contributed by atoms with van der Waals surface area (Å²) in [6, 6.07) is 3.03. The van der Waals surface area contributed by atoms with E-state index in [1.165, 1.54) is 11.0 Å². The van der Waals surface area contributed by atoms with Crippen LogP contribution in [0.2, 0.25) is 5.02 Å². The fourth-order valence-corrected chi connectivity index (χ4v) is 2.17. The minimum atomic E-state index is -4.63. The molecule has 9 heteroatoms.